The molecule has 7 rings (SSSR count). The molecule has 0 amide bonds. The first kappa shape index (κ1) is 27.9. The first-order chi connectivity index (χ1) is 21.8. The van der Waals surface area contributed by atoms with Crippen LogP contribution in [0.25, 0.3) is 0 Å². The summed E-state index contributed by atoms with van der Waals surface area (Å²) in [5.41, 5.74) is 0. The number of pyridine rings is 1. The summed E-state index contributed by atoms with van der Waals surface area (Å²) in [6.07, 6.45) is 2.19. The summed E-state index contributed by atoms with van der Waals surface area (Å²) in [7, 11) is -4.96. The molecular formula is C41H33NPSi+. The van der Waals surface area contributed by atoms with E-state index in [1.807, 2.05) is 0 Å². The number of nitrogens with zero attached hydrogens (tertiary/aromatic N) is 1. The quantitative estimate of drug-likeness (QED) is 0.135. The van der Waals surface area contributed by atoms with Crippen LogP contribution in [0.5, 0.6) is 0 Å². The molecule has 0 atom stereocenters. The lowest BCUT2D eigenvalue weighted by molar-refractivity contribution is 1.39. The maximum atomic E-state index is 5.51. The van der Waals surface area contributed by atoms with E-state index in [-0.39, 0.29) is 0 Å². The first-order valence-electron chi connectivity index (χ1n) is 15.0. The van der Waals surface area contributed by atoms with Gasteiger partial charge in [-0.1, -0.05) is 146 Å². The molecule has 6 aromatic carbocycles. The van der Waals surface area contributed by atoms with Crippen molar-refractivity contribution in [1.82, 2.24) is 4.98 Å². The molecule has 1 heterocycles. The highest BCUT2D eigenvalue weighted by Crippen LogP contribution is 2.53. The van der Waals surface area contributed by atoms with Gasteiger partial charge in [-0.15, -0.1) is 0 Å². The van der Waals surface area contributed by atoms with Gasteiger partial charge in [0.15, 0.2) is 0 Å². The second-order valence-corrected chi connectivity index (χ2v) is 18.1. The van der Waals surface area contributed by atoms with Crippen LogP contribution in [0.3, 0.4) is 0 Å². The van der Waals surface area contributed by atoms with Crippen LogP contribution < -0.4 is 42.1 Å². The van der Waals surface area contributed by atoms with Crippen molar-refractivity contribution >= 4 is 57.4 Å². The third kappa shape index (κ3) is 4.74. The van der Waals surface area contributed by atoms with Crippen LogP contribution in [0.1, 0.15) is 0 Å². The third-order valence-electron chi connectivity index (χ3n) is 8.57. The Labute approximate surface area is 261 Å². The summed E-state index contributed by atoms with van der Waals surface area (Å²) in [6.45, 7) is 0. The predicted molar refractivity (Wildman–Crippen MR) is 193 cm³/mol. The summed E-state index contributed by atoms with van der Waals surface area (Å²) in [6, 6.07) is 70.8. The number of rotatable bonds is 8. The lowest BCUT2D eigenvalue weighted by Crippen LogP contribution is -2.75. The Hall–Kier alpha value is -4.88. The van der Waals surface area contributed by atoms with E-state index >= 15 is 0 Å². The second kappa shape index (κ2) is 12.4. The lowest BCUT2D eigenvalue weighted by atomic mass is 10.3. The molecule has 0 N–H and O–H groups in total. The minimum atomic E-state index is -2.72. The largest absolute Gasteiger partial charge is 0.261 e. The van der Waals surface area contributed by atoms with Gasteiger partial charge in [-0.25, -0.2) is 0 Å². The number of aromatic nitrogens is 1. The fourth-order valence-corrected chi connectivity index (χ4v) is 15.4. The fourth-order valence-electron chi connectivity index (χ4n) is 6.66. The van der Waals surface area contributed by atoms with Crippen LogP contribution >= 0.6 is 7.26 Å². The van der Waals surface area contributed by atoms with E-state index in [1.54, 1.807) is 0 Å². The van der Waals surface area contributed by atoms with Gasteiger partial charge >= 0.3 is 0 Å². The van der Waals surface area contributed by atoms with Crippen molar-refractivity contribution in [3.8, 4) is 0 Å². The Kier molecular flexibility index (Phi) is 7.86. The van der Waals surface area contributed by atoms with Crippen LogP contribution in [-0.4, -0.2) is 13.1 Å². The van der Waals surface area contributed by atoms with E-state index in [0.717, 1.165) is 5.32 Å². The Morgan fingerprint density at radius 2 is 0.636 bits per heavy atom. The van der Waals surface area contributed by atoms with Crippen LogP contribution in [0.2, 0.25) is 0 Å². The van der Waals surface area contributed by atoms with Gasteiger partial charge in [0.1, 0.15) is 28.5 Å². The van der Waals surface area contributed by atoms with E-state index < -0.39 is 15.3 Å². The zero-order chi connectivity index (χ0) is 29.7. The molecule has 3 heteroatoms. The molecule has 0 saturated carbocycles. The number of hydrogen-bond donors (Lipinski definition) is 0. The van der Waals surface area contributed by atoms with Crippen molar-refractivity contribution in [2.45, 2.75) is 0 Å². The van der Waals surface area contributed by atoms with Gasteiger partial charge in [0.05, 0.1) is 6.20 Å². The monoisotopic (exact) mass is 598 g/mol. The average Bonchev–Trinajstić information content (AvgIpc) is 3.12. The number of hydrogen-bond acceptors (Lipinski definition) is 1. The molecule has 0 radical (unpaired) electrons. The van der Waals surface area contributed by atoms with Crippen LogP contribution in [0.15, 0.2) is 200 Å². The highest BCUT2D eigenvalue weighted by molar-refractivity contribution is 8.01. The summed E-state index contributed by atoms with van der Waals surface area (Å²) in [5, 5.41) is 10.3. The Morgan fingerprint density at radius 3 is 0.932 bits per heavy atom. The van der Waals surface area contributed by atoms with Gasteiger partial charge in [0.2, 0.25) is 8.07 Å². The molecule has 0 aliphatic carbocycles. The summed E-state index contributed by atoms with van der Waals surface area (Å²) < 4.78 is 0. The standard InChI is InChI=1S/C41H33NPSi/c1-7-19-34(20-8-1)43(35-21-9-2-10-22-35,36-23-11-3-12-24-36)37-31-32-41(42-33-37)44(38-25-13-4-14-26-38,39-27-15-5-16-28-39)40-29-17-6-18-30-40/h1-33H/q+1. The maximum Gasteiger partial charge on any atom is 0.201 e. The van der Waals surface area contributed by atoms with Gasteiger partial charge in [-0.05, 0) is 64.1 Å². The van der Waals surface area contributed by atoms with Crippen molar-refractivity contribution < 1.29 is 0 Å². The van der Waals surface area contributed by atoms with Crippen molar-refractivity contribution in [3.05, 3.63) is 200 Å². The van der Waals surface area contributed by atoms with Crippen LogP contribution in [-0.2, 0) is 0 Å². The van der Waals surface area contributed by atoms with E-state index in [0.29, 0.717) is 0 Å². The lowest BCUT2D eigenvalue weighted by Gasteiger charge is -2.33. The fraction of sp³-hybridized carbons (Fsp3) is 0. The van der Waals surface area contributed by atoms with Gasteiger partial charge in [-0.3, -0.25) is 4.98 Å². The molecule has 0 bridgehead atoms. The highest BCUT2D eigenvalue weighted by Gasteiger charge is 2.49. The van der Waals surface area contributed by atoms with Gasteiger partial charge in [0.25, 0.3) is 0 Å². The molecule has 0 fully saturated rings. The average molecular weight is 599 g/mol. The molecule has 0 aliphatic heterocycles. The Balaban J connectivity index is 1.52. The zero-order valence-corrected chi connectivity index (χ0v) is 26.3. The Morgan fingerprint density at radius 1 is 0.318 bits per heavy atom. The molecular weight excluding hydrogens is 566 g/mol. The molecule has 0 aliphatic rings. The highest BCUT2D eigenvalue weighted by atomic mass is 31.2. The molecule has 210 valence electrons. The Bertz CT molecular complexity index is 1580. The smallest absolute Gasteiger partial charge is 0.201 e. The van der Waals surface area contributed by atoms with Crippen molar-refractivity contribution in [2.75, 3.05) is 0 Å². The zero-order valence-electron chi connectivity index (χ0n) is 24.4. The topological polar surface area (TPSA) is 12.9 Å². The summed E-state index contributed by atoms with van der Waals surface area (Å²) in [5.74, 6) is 0. The summed E-state index contributed by atoms with van der Waals surface area (Å²) in [4.78, 5) is 5.51. The van der Waals surface area contributed by atoms with Gasteiger partial charge in [0, 0.05) is 5.32 Å². The SMILES string of the molecule is c1ccc([Si](c2ccccc2)(c2ccccc2)c2ccc([P+](c3ccccc3)(c3ccccc3)c3ccccc3)cn2)cc1. The van der Waals surface area contributed by atoms with Crippen LogP contribution in [0.4, 0.5) is 0 Å². The molecule has 44 heavy (non-hydrogen) atoms. The van der Waals surface area contributed by atoms with E-state index in [1.165, 1.54) is 36.8 Å². The maximum absolute atomic E-state index is 5.51. The molecule has 0 saturated heterocycles. The molecule has 7 aromatic rings. The minimum absolute atomic E-state index is 1.14. The van der Waals surface area contributed by atoms with Gasteiger partial charge < -0.3 is 0 Å². The van der Waals surface area contributed by atoms with E-state index in [4.69, 9.17) is 4.98 Å². The third-order valence-corrected chi connectivity index (χ3v) is 17.5. The van der Waals surface area contributed by atoms with Crippen molar-refractivity contribution in [2.24, 2.45) is 0 Å². The first-order valence-corrected chi connectivity index (χ1v) is 18.8. The minimum Gasteiger partial charge on any atom is -0.261 e. The predicted octanol–water partition coefficient (Wildman–Crippen LogP) is 5.08. The number of benzene rings is 6. The van der Waals surface area contributed by atoms with Crippen LogP contribution in [0, 0.1) is 0 Å². The normalized spacial score (nSPS) is 11.6. The summed E-state index contributed by atoms with van der Waals surface area (Å²) >= 11 is 0. The second-order valence-electron chi connectivity index (χ2n) is 10.9. The molecule has 1 aromatic heterocycles. The molecule has 0 spiro atoms. The van der Waals surface area contributed by atoms with E-state index in [9.17, 15) is 0 Å². The van der Waals surface area contributed by atoms with Crippen molar-refractivity contribution in [3.63, 3.8) is 0 Å². The van der Waals surface area contributed by atoms with Crippen molar-refractivity contribution in [1.29, 1.82) is 0 Å². The van der Waals surface area contributed by atoms with E-state index in [2.05, 4.69) is 200 Å². The molecule has 0 unspecified atom stereocenters. The molecule has 1 nitrogen and oxygen atoms in total. The van der Waals surface area contributed by atoms with Gasteiger partial charge in [-0.2, -0.15) is 0 Å².